The van der Waals surface area contributed by atoms with Crippen molar-refractivity contribution in [1.29, 1.82) is 0 Å². The molecule has 1 aliphatic rings. The Morgan fingerprint density at radius 2 is 2.24 bits per heavy atom. The molecular formula is C15H25N3O2S. The van der Waals surface area contributed by atoms with Crippen molar-refractivity contribution in [2.45, 2.75) is 57.9 Å². The van der Waals surface area contributed by atoms with Gasteiger partial charge in [0.25, 0.3) is 0 Å². The zero-order valence-electron chi connectivity index (χ0n) is 13.3. The molecule has 5 nitrogen and oxygen atoms in total. The van der Waals surface area contributed by atoms with E-state index < -0.39 is 0 Å². The summed E-state index contributed by atoms with van der Waals surface area (Å²) in [6.07, 6.45) is 3.38. The quantitative estimate of drug-likeness (QED) is 0.908. The van der Waals surface area contributed by atoms with Crippen LogP contribution in [0.25, 0.3) is 0 Å². The Bertz CT molecular complexity index is 470. The maximum atomic E-state index is 12.3. The van der Waals surface area contributed by atoms with Gasteiger partial charge in [0.2, 0.25) is 0 Å². The average Bonchev–Trinajstić information content (AvgIpc) is 3.00. The fraction of sp³-hybridized carbons (Fsp3) is 0.733. The molecule has 1 N–H and O–H groups in total. The SMILES string of the molecule is CCS[C@@H]1CC[C@@H](NC(=O)N(C)Cc2c(C)noc2C)C1. The average molecular weight is 311 g/mol. The molecule has 1 saturated carbocycles. The van der Waals surface area contributed by atoms with E-state index in [0.29, 0.717) is 17.8 Å². The predicted octanol–water partition coefficient (Wildman–Crippen LogP) is 3.11. The zero-order valence-corrected chi connectivity index (χ0v) is 14.1. The van der Waals surface area contributed by atoms with E-state index in [1.54, 1.807) is 4.90 Å². The van der Waals surface area contributed by atoms with Crippen LogP contribution in [0.15, 0.2) is 4.52 Å². The third-order valence-corrected chi connectivity index (χ3v) is 5.27. The number of carbonyl (C=O) groups is 1. The number of hydrogen-bond donors (Lipinski definition) is 1. The topological polar surface area (TPSA) is 58.4 Å². The third kappa shape index (κ3) is 4.15. The monoisotopic (exact) mass is 311 g/mol. The minimum atomic E-state index is -0.0119. The van der Waals surface area contributed by atoms with Gasteiger partial charge in [-0.2, -0.15) is 11.8 Å². The molecule has 21 heavy (non-hydrogen) atoms. The van der Waals surface area contributed by atoms with Crippen molar-refractivity contribution in [3.8, 4) is 0 Å². The number of aryl methyl sites for hydroxylation is 2. The molecule has 1 aromatic rings. The van der Waals surface area contributed by atoms with Crippen LogP contribution in [-0.4, -0.2) is 40.2 Å². The van der Waals surface area contributed by atoms with Crippen molar-refractivity contribution >= 4 is 17.8 Å². The van der Waals surface area contributed by atoms with E-state index in [4.69, 9.17) is 4.52 Å². The number of thioether (sulfide) groups is 1. The second-order valence-corrected chi connectivity index (χ2v) is 7.27. The fourth-order valence-corrected chi connectivity index (χ4v) is 3.92. The summed E-state index contributed by atoms with van der Waals surface area (Å²) in [4.78, 5) is 14.0. The predicted molar refractivity (Wildman–Crippen MR) is 85.5 cm³/mol. The molecular weight excluding hydrogens is 286 g/mol. The summed E-state index contributed by atoms with van der Waals surface area (Å²) >= 11 is 2.00. The molecule has 0 aliphatic heterocycles. The minimum absolute atomic E-state index is 0.0119. The maximum Gasteiger partial charge on any atom is 0.317 e. The fourth-order valence-electron chi connectivity index (χ4n) is 2.78. The summed E-state index contributed by atoms with van der Waals surface area (Å²) in [5.74, 6) is 1.93. The van der Waals surface area contributed by atoms with Crippen molar-refractivity contribution in [3.05, 3.63) is 17.0 Å². The van der Waals surface area contributed by atoms with E-state index in [-0.39, 0.29) is 6.03 Å². The third-order valence-electron chi connectivity index (χ3n) is 4.04. The molecule has 2 rings (SSSR count). The Morgan fingerprint density at radius 3 is 2.86 bits per heavy atom. The van der Waals surface area contributed by atoms with E-state index >= 15 is 0 Å². The summed E-state index contributed by atoms with van der Waals surface area (Å²) in [5.41, 5.74) is 1.85. The number of urea groups is 1. The van der Waals surface area contributed by atoms with E-state index in [2.05, 4.69) is 17.4 Å². The van der Waals surface area contributed by atoms with E-state index in [9.17, 15) is 4.79 Å². The van der Waals surface area contributed by atoms with Gasteiger partial charge in [-0.05, 0) is 38.9 Å². The van der Waals surface area contributed by atoms with Gasteiger partial charge in [0.05, 0.1) is 12.2 Å². The Hall–Kier alpha value is -1.17. The summed E-state index contributed by atoms with van der Waals surface area (Å²) in [6, 6.07) is 0.302. The molecule has 118 valence electrons. The molecule has 0 radical (unpaired) electrons. The number of nitrogens with zero attached hydrogens (tertiary/aromatic N) is 2. The molecule has 0 spiro atoms. The summed E-state index contributed by atoms with van der Waals surface area (Å²) in [5, 5.41) is 7.77. The number of hydrogen-bond acceptors (Lipinski definition) is 4. The van der Waals surface area contributed by atoms with Crippen LogP contribution >= 0.6 is 11.8 Å². The van der Waals surface area contributed by atoms with Gasteiger partial charge in [-0.1, -0.05) is 12.1 Å². The standard InChI is InChI=1S/C15H25N3O2S/c1-5-21-13-7-6-12(8-13)16-15(19)18(4)9-14-10(2)17-20-11(14)3/h12-13H,5-9H2,1-4H3,(H,16,19)/t12-,13-/m1/s1. The van der Waals surface area contributed by atoms with Crippen LogP contribution in [-0.2, 0) is 6.54 Å². The summed E-state index contributed by atoms with van der Waals surface area (Å²) in [7, 11) is 1.81. The summed E-state index contributed by atoms with van der Waals surface area (Å²) in [6.45, 7) is 6.51. The maximum absolute atomic E-state index is 12.3. The van der Waals surface area contributed by atoms with Crippen LogP contribution in [0, 0.1) is 13.8 Å². The molecule has 1 aliphatic carbocycles. The normalized spacial score (nSPS) is 21.5. The summed E-state index contributed by atoms with van der Waals surface area (Å²) < 4.78 is 5.14. The molecule has 1 fully saturated rings. The van der Waals surface area contributed by atoms with E-state index in [0.717, 1.165) is 35.6 Å². The number of amides is 2. The van der Waals surface area contributed by atoms with Crippen LogP contribution in [0.4, 0.5) is 4.79 Å². The highest BCUT2D eigenvalue weighted by molar-refractivity contribution is 7.99. The molecule has 0 aromatic carbocycles. The van der Waals surface area contributed by atoms with Crippen molar-refractivity contribution in [3.63, 3.8) is 0 Å². The largest absolute Gasteiger partial charge is 0.361 e. The first-order valence-electron chi connectivity index (χ1n) is 7.56. The number of rotatable bonds is 5. The first-order valence-corrected chi connectivity index (χ1v) is 8.61. The first-order chi connectivity index (χ1) is 10.0. The van der Waals surface area contributed by atoms with Crippen LogP contribution in [0.3, 0.4) is 0 Å². The van der Waals surface area contributed by atoms with E-state index in [1.165, 1.54) is 6.42 Å². The van der Waals surface area contributed by atoms with Gasteiger partial charge in [0.1, 0.15) is 5.76 Å². The van der Waals surface area contributed by atoms with Crippen molar-refractivity contribution in [2.24, 2.45) is 0 Å². The van der Waals surface area contributed by atoms with Crippen LogP contribution in [0.2, 0.25) is 0 Å². The van der Waals surface area contributed by atoms with E-state index in [1.807, 2.05) is 32.7 Å². The molecule has 6 heteroatoms. The van der Waals surface area contributed by atoms with Gasteiger partial charge in [0, 0.05) is 23.9 Å². The lowest BCUT2D eigenvalue weighted by molar-refractivity contribution is 0.202. The zero-order chi connectivity index (χ0) is 15.4. The van der Waals surface area contributed by atoms with Crippen molar-refractivity contribution in [1.82, 2.24) is 15.4 Å². The van der Waals surface area contributed by atoms with Gasteiger partial charge < -0.3 is 14.7 Å². The van der Waals surface area contributed by atoms with Gasteiger partial charge in [-0.3, -0.25) is 0 Å². The van der Waals surface area contributed by atoms with Gasteiger partial charge in [-0.25, -0.2) is 4.79 Å². The lowest BCUT2D eigenvalue weighted by atomic mass is 10.2. The molecule has 0 saturated heterocycles. The lowest BCUT2D eigenvalue weighted by Gasteiger charge is -2.21. The minimum Gasteiger partial charge on any atom is -0.361 e. The second-order valence-electron chi connectivity index (χ2n) is 5.70. The highest BCUT2D eigenvalue weighted by Crippen LogP contribution is 2.29. The van der Waals surface area contributed by atoms with Crippen LogP contribution in [0.1, 0.15) is 43.2 Å². The number of nitrogens with one attached hydrogen (secondary N) is 1. The van der Waals surface area contributed by atoms with Gasteiger partial charge in [-0.15, -0.1) is 0 Å². The van der Waals surface area contributed by atoms with Gasteiger partial charge in [0.15, 0.2) is 0 Å². The Morgan fingerprint density at radius 1 is 1.48 bits per heavy atom. The highest BCUT2D eigenvalue weighted by Gasteiger charge is 2.26. The molecule has 1 aromatic heterocycles. The Labute approximate surface area is 130 Å². The molecule has 2 amide bonds. The van der Waals surface area contributed by atoms with Crippen LogP contribution in [0.5, 0.6) is 0 Å². The lowest BCUT2D eigenvalue weighted by Crippen LogP contribution is -2.42. The molecule has 1 heterocycles. The number of aromatic nitrogens is 1. The van der Waals surface area contributed by atoms with Crippen molar-refractivity contribution < 1.29 is 9.32 Å². The molecule has 2 atom stereocenters. The smallest absolute Gasteiger partial charge is 0.317 e. The number of carbonyl (C=O) groups excluding carboxylic acids is 1. The highest BCUT2D eigenvalue weighted by atomic mass is 32.2. The van der Waals surface area contributed by atoms with Gasteiger partial charge >= 0.3 is 6.03 Å². The first kappa shape index (κ1) is 16.2. The Balaban J connectivity index is 1.83. The molecule has 0 bridgehead atoms. The van der Waals surface area contributed by atoms with Crippen LogP contribution < -0.4 is 5.32 Å². The molecule has 0 unspecified atom stereocenters. The Kier molecular flexibility index (Phi) is 5.56. The second kappa shape index (κ2) is 7.20. The van der Waals surface area contributed by atoms with Crippen molar-refractivity contribution in [2.75, 3.05) is 12.8 Å².